The molecule has 4 N–H and O–H groups in total. The average Bonchev–Trinajstić information content (AvgIpc) is 3.29. The second-order valence-electron chi connectivity index (χ2n) is 7.20. The molecule has 0 amide bonds. The van der Waals surface area contributed by atoms with Crippen molar-refractivity contribution in [2.45, 2.75) is 64.4 Å². The zero-order valence-corrected chi connectivity index (χ0v) is 16.0. The number of ketones is 2. The van der Waals surface area contributed by atoms with Crippen molar-refractivity contribution in [2.75, 3.05) is 13.2 Å². The predicted octanol–water partition coefficient (Wildman–Crippen LogP) is 0.233. The molecule has 7 heteroatoms. The fourth-order valence-electron chi connectivity index (χ4n) is 3.45. The van der Waals surface area contributed by atoms with Crippen molar-refractivity contribution in [3.63, 3.8) is 0 Å². The Bertz CT molecular complexity index is 518. The average molecular weight is 372 g/mol. The zero-order chi connectivity index (χ0) is 20.1. The van der Waals surface area contributed by atoms with Gasteiger partial charge in [-0.25, -0.2) is 0 Å². The van der Waals surface area contributed by atoms with Crippen LogP contribution in [0.3, 0.4) is 0 Å². The van der Waals surface area contributed by atoms with Crippen molar-refractivity contribution in [2.24, 2.45) is 17.8 Å². The van der Waals surface area contributed by atoms with Gasteiger partial charge in [0.25, 0.3) is 0 Å². The van der Waals surface area contributed by atoms with E-state index in [9.17, 15) is 30.0 Å². The Kier molecular flexibility index (Phi) is 8.56. The van der Waals surface area contributed by atoms with Crippen LogP contribution < -0.4 is 0 Å². The second-order valence-corrected chi connectivity index (χ2v) is 7.20. The van der Waals surface area contributed by atoms with E-state index in [1.807, 2.05) is 26.0 Å². The predicted molar refractivity (Wildman–Crippen MR) is 95.3 cm³/mol. The van der Waals surface area contributed by atoms with Crippen LogP contribution in [0.5, 0.6) is 0 Å². The van der Waals surface area contributed by atoms with Crippen LogP contribution in [-0.4, -0.2) is 69.1 Å². The van der Waals surface area contributed by atoms with Gasteiger partial charge in [-0.05, 0) is 13.8 Å². The number of aliphatic hydroxyl groups is 4. The van der Waals surface area contributed by atoms with Crippen LogP contribution in [0.15, 0.2) is 12.2 Å². The molecule has 1 heterocycles. The molecule has 0 radical (unpaired) electrons. The van der Waals surface area contributed by atoms with Crippen LogP contribution in [0, 0.1) is 17.8 Å². The topological polar surface area (TPSA) is 128 Å². The number of epoxide rings is 1. The SMILES string of the molecule is C/C=C\[C@H](C)[C@H]1OC1(C)[C@@H](O)[C@@H](CO)C(=O)[C@H](CO)[C@H](O)CC(=O)CC. The first-order chi connectivity index (χ1) is 12.2. The molecule has 0 aromatic carbocycles. The van der Waals surface area contributed by atoms with E-state index in [0.29, 0.717) is 0 Å². The first kappa shape index (κ1) is 22.9. The number of aliphatic hydroxyl groups excluding tert-OH is 4. The molecule has 0 aromatic rings. The first-order valence-electron chi connectivity index (χ1n) is 9.11. The van der Waals surface area contributed by atoms with Crippen molar-refractivity contribution in [1.29, 1.82) is 0 Å². The van der Waals surface area contributed by atoms with Gasteiger partial charge in [0.2, 0.25) is 0 Å². The minimum atomic E-state index is -1.35. The first-order valence-corrected chi connectivity index (χ1v) is 9.11. The summed E-state index contributed by atoms with van der Waals surface area (Å²) in [5.41, 5.74) is -0.994. The molecular weight excluding hydrogens is 340 g/mol. The summed E-state index contributed by atoms with van der Waals surface area (Å²) in [7, 11) is 0. The molecule has 0 aliphatic carbocycles. The molecule has 0 bridgehead atoms. The van der Waals surface area contributed by atoms with Crippen LogP contribution in [0.2, 0.25) is 0 Å². The van der Waals surface area contributed by atoms with Crippen molar-refractivity contribution in [3.05, 3.63) is 12.2 Å². The normalized spacial score (nSPS) is 28.4. The Hall–Kier alpha value is -1.12. The Morgan fingerprint density at radius 2 is 1.77 bits per heavy atom. The van der Waals surface area contributed by atoms with Gasteiger partial charge < -0.3 is 25.2 Å². The van der Waals surface area contributed by atoms with E-state index in [2.05, 4.69) is 0 Å². The molecule has 0 aromatic heterocycles. The summed E-state index contributed by atoms with van der Waals surface area (Å²) in [6.07, 6.45) is 0.816. The number of carbonyl (C=O) groups excluding carboxylic acids is 2. The smallest absolute Gasteiger partial charge is 0.148 e. The molecule has 150 valence electrons. The van der Waals surface area contributed by atoms with Crippen molar-refractivity contribution < 1.29 is 34.8 Å². The fraction of sp³-hybridized carbons (Fsp3) is 0.789. The van der Waals surface area contributed by atoms with Crippen molar-refractivity contribution in [1.82, 2.24) is 0 Å². The van der Waals surface area contributed by atoms with E-state index in [4.69, 9.17) is 4.74 Å². The number of carbonyl (C=O) groups is 2. The third-order valence-corrected chi connectivity index (χ3v) is 5.25. The molecule has 26 heavy (non-hydrogen) atoms. The second kappa shape index (κ2) is 9.71. The van der Waals surface area contributed by atoms with Crippen molar-refractivity contribution in [3.8, 4) is 0 Å². The Morgan fingerprint density at radius 3 is 2.23 bits per heavy atom. The Morgan fingerprint density at radius 1 is 1.19 bits per heavy atom. The number of Topliss-reactive ketones (excluding diaryl/α,β-unsaturated/α-hetero) is 2. The number of ether oxygens (including phenoxy) is 1. The molecule has 1 rings (SSSR count). The maximum Gasteiger partial charge on any atom is 0.148 e. The molecule has 0 spiro atoms. The number of hydrogen-bond acceptors (Lipinski definition) is 7. The van der Waals surface area contributed by atoms with Crippen molar-refractivity contribution >= 4 is 11.6 Å². The highest BCUT2D eigenvalue weighted by molar-refractivity contribution is 5.86. The standard InChI is InChI=1S/C19H32O7/c1-5-7-11(3)18-19(4,26-18)17(25)14(10-21)16(24)13(9-20)15(23)8-12(22)6-2/h5,7,11,13-15,17-18,20-21,23,25H,6,8-10H2,1-4H3/b7-5-/t11-,13+,14-,15+,17-,18+,19?/m0/s1. The van der Waals surface area contributed by atoms with Gasteiger partial charge in [0.15, 0.2) is 0 Å². The maximum absolute atomic E-state index is 12.7. The molecule has 7 nitrogen and oxygen atoms in total. The highest BCUT2D eigenvalue weighted by Crippen LogP contribution is 2.46. The van der Waals surface area contributed by atoms with Gasteiger partial charge in [-0.15, -0.1) is 0 Å². The summed E-state index contributed by atoms with van der Waals surface area (Å²) in [5.74, 6) is -3.34. The lowest BCUT2D eigenvalue weighted by atomic mass is 9.79. The number of allylic oxidation sites excluding steroid dienone is 1. The minimum absolute atomic E-state index is 0.0236. The third kappa shape index (κ3) is 4.98. The molecule has 1 saturated heterocycles. The number of hydrogen-bond donors (Lipinski definition) is 4. The van der Waals surface area contributed by atoms with Gasteiger partial charge in [0.05, 0.1) is 43.4 Å². The van der Waals surface area contributed by atoms with Gasteiger partial charge in [0, 0.05) is 18.8 Å². The van der Waals surface area contributed by atoms with Gasteiger partial charge >= 0.3 is 0 Å². The molecule has 1 aliphatic heterocycles. The van der Waals surface area contributed by atoms with E-state index in [1.165, 1.54) is 0 Å². The highest BCUT2D eigenvalue weighted by atomic mass is 16.6. The van der Waals surface area contributed by atoms with E-state index >= 15 is 0 Å². The molecule has 1 unspecified atom stereocenters. The van der Waals surface area contributed by atoms with Crippen LogP contribution in [0.4, 0.5) is 0 Å². The molecular formula is C19H32O7. The summed E-state index contributed by atoms with van der Waals surface area (Å²) in [6, 6.07) is 0. The largest absolute Gasteiger partial charge is 0.396 e. The Balaban J connectivity index is 2.88. The van der Waals surface area contributed by atoms with E-state index < -0.39 is 48.6 Å². The van der Waals surface area contributed by atoms with Crippen LogP contribution >= 0.6 is 0 Å². The summed E-state index contributed by atoms with van der Waals surface area (Å²) < 4.78 is 5.63. The van der Waals surface area contributed by atoms with E-state index in [0.717, 1.165) is 0 Å². The third-order valence-electron chi connectivity index (χ3n) is 5.25. The van der Waals surface area contributed by atoms with Crippen LogP contribution in [-0.2, 0) is 14.3 Å². The molecule has 7 atom stereocenters. The summed E-state index contributed by atoms with van der Waals surface area (Å²) in [4.78, 5) is 24.2. The zero-order valence-electron chi connectivity index (χ0n) is 16.0. The summed E-state index contributed by atoms with van der Waals surface area (Å²) >= 11 is 0. The monoisotopic (exact) mass is 372 g/mol. The quantitative estimate of drug-likeness (QED) is 0.285. The van der Waals surface area contributed by atoms with Crippen LogP contribution in [0.1, 0.15) is 40.5 Å². The Labute approximate surface area is 154 Å². The van der Waals surface area contributed by atoms with Gasteiger partial charge in [-0.1, -0.05) is 26.0 Å². The maximum atomic E-state index is 12.7. The van der Waals surface area contributed by atoms with Gasteiger partial charge in [-0.3, -0.25) is 9.59 Å². The molecule has 0 saturated carbocycles. The summed E-state index contributed by atoms with van der Waals surface area (Å²) in [5, 5.41) is 40.0. The van der Waals surface area contributed by atoms with Gasteiger partial charge in [-0.2, -0.15) is 0 Å². The molecule has 1 aliphatic rings. The number of rotatable bonds is 12. The highest BCUT2D eigenvalue weighted by Gasteiger charge is 2.61. The minimum Gasteiger partial charge on any atom is -0.396 e. The lowest BCUT2D eigenvalue weighted by molar-refractivity contribution is -0.140. The lowest BCUT2D eigenvalue weighted by Crippen LogP contribution is -2.47. The van der Waals surface area contributed by atoms with Gasteiger partial charge in [0.1, 0.15) is 17.2 Å². The van der Waals surface area contributed by atoms with Crippen LogP contribution in [0.25, 0.3) is 0 Å². The summed E-state index contributed by atoms with van der Waals surface area (Å²) in [6.45, 7) is 5.79. The molecule has 1 fully saturated rings. The van der Waals surface area contributed by atoms with E-state index in [-0.39, 0.29) is 30.6 Å². The fourth-order valence-corrected chi connectivity index (χ4v) is 3.45. The lowest BCUT2D eigenvalue weighted by Gasteiger charge is -2.28. The van der Waals surface area contributed by atoms with E-state index in [1.54, 1.807) is 13.8 Å².